The molecule has 27 heavy (non-hydrogen) atoms. The Hall–Kier alpha value is -2.67. The molecule has 0 bridgehead atoms. The Labute approximate surface area is 157 Å². The van der Waals surface area contributed by atoms with Crippen molar-refractivity contribution < 1.29 is 19.4 Å². The number of nitrogens with zero attached hydrogens (tertiary/aromatic N) is 3. The predicted octanol–water partition coefficient (Wildman–Crippen LogP) is 1.92. The molecule has 1 aromatic carbocycles. The van der Waals surface area contributed by atoms with Gasteiger partial charge in [0.1, 0.15) is 11.9 Å². The molecule has 1 aliphatic heterocycles. The van der Waals surface area contributed by atoms with E-state index < -0.39 is 12.1 Å². The first-order valence-corrected chi connectivity index (χ1v) is 9.20. The van der Waals surface area contributed by atoms with Gasteiger partial charge >= 0.3 is 5.97 Å². The van der Waals surface area contributed by atoms with Crippen LogP contribution in [0.15, 0.2) is 42.6 Å². The van der Waals surface area contributed by atoms with Crippen LogP contribution in [0.3, 0.4) is 0 Å². The lowest BCUT2D eigenvalue weighted by Crippen LogP contribution is -2.42. The maximum Gasteiger partial charge on any atom is 0.337 e. The van der Waals surface area contributed by atoms with Crippen molar-refractivity contribution in [3.05, 3.63) is 48.2 Å². The number of carbonyl (C=O) groups is 1. The van der Waals surface area contributed by atoms with Gasteiger partial charge in [-0.25, -0.2) is 4.79 Å². The molecule has 2 aromatic rings. The predicted molar refractivity (Wildman–Crippen MR) is 98.7 cm³/mol. The van der Waals surface area contributed by atoms with Crippen LogP contribution in [0.4, 0.5) is 5.82 Å². The van der Waals surface area contributed by atoms with Gasteiger partial charge in [0.2, 0.25) is 0 Å². The minimum absolute atomic E-state index is 0.291. The average Bonchev–Trinajstić information content (AvgIpc) is 3.11. The summed E-state index contributed by atoms with van der Waals surface area (Å²) in [7, 11) is 1.35. The normalized spacial score (nSPS) is 27.1. The van der Waals surface area contributed by atoms with Gasteiger partial charge in [-0.3, -0.25) is 0 Å². The molecule has 0 radical (unpaired) electrons. The first-order valence-electron chi connectivity index (χ1n) is 9.20. The number of fused-ring (bicyclic) bond motifs is 1. The number of rotatable bonds is 4. The fourth-order valence-electron chi connectivity index (χ4n) is 4.16. The van der Waals surface area contributed by atoms with Crippen molar-refractivity contribution in [3.8, 4) is 5.75 Å². The van der Waals surface area contributed by atoms with Crippen molar-refractivity contribution in [2.45, 2.75) is 25.0 Å². The molecule has 2 heterocycles. The highest BCUT2D eigenvalue weighted by Gasteiger charge is 2.43. The highest BCUT2D eigenvalue weighted by Crippen LogP contribution is 2.39. The van der Waals surface area contributed by atoms with Crippen LogP contribution in [0, 0.1) is 11.8 Å². The van der Waals surface area contributed by atoms with Crippen molar-refractivity contribution in [1.82, 2.24) is 10.2 Å². The molecular formula is C20H23N3O4. The number of carbonyl (C=O) groups excluding carboxylic acids is 1. The summed E-state index contributed by atoms with van der Waals surface area (Å²) in [5.74, 6) is 1.90. The smallest absolute Gasteiger partial charge is 0.337 e. The zero-order chi connectivity index (χ0) is 18.8. The molecule has 142 valence electrons. The third-order valence-electron chi connectivity index (χ3n) is 5.51. The van der Waals surface area contributed by atoms with E-state index in [2.05, 4.69) is 15.1 Å². The number of methoxy groups -OCH3 is 1. The van der Waals surface area contributed by atoms with Crippen LogP contribution in [-0.4, -0.2) is 53.7 Å². The van der Waals surface area contributed by atoms with Crippen molar-refractivity contribution in [2.75, 3.05) is 25.1 Å². The maximum absolute atomic E-state index is 11.7. The SMILES string of the molecule is COC(=O)c1cccc(O[C@@H]2C[C@@H]3CN(c4cccnn4)C[C@@H]3C[C@H]2O)c1. The van der Waals surface area contributed by atoms with Gasteiger partial charge in [-0.2, -0.15) is 5.10 Å². The number of anilines is 1. The third kappa shape index (κ3) is 3.73. The number of esters is 1. The van der Waals surface area contributed by atoms with Crippen LogP contribution in [0.1, 0.15) is 23.2 Å². The van der Waals surface area contributed by atoms with E-state index in [0.717, 1.165) is 25.3 Å². The highest BCUT2D eigenvalue weighted by atomic mass is 16.5. The molecule has 1 saturated carbocycles. The van der Waals surface area contributed by atoms with Gasteiger partial charge in [0, 0.05) is 19.3 Å². The summed E-state index contributed by atoms with van der Waals surface area (Å²) in [6.07, 6.45) is 2.31. The summed E-state index contributed by atoms with van der Waals surface area (Å²) < 4.78 is 10.8. The van der Waals surface area contributed by atoms with Crippen LogP contribution < -0.4 is 9.64 Å². The Kier molecular flexibility index (Phi) is 4.94. The van der Waals surface area contributed by atoms with E-state index in [-0.39, 0.29) is 6.10 Å². The number of benzene rings is 1. The van der Waals surface area contributed by atoms with Crippen LogP contribution in [0.5, 0.6) is 5.75 Å². The molecule has 0 spiro atoms. The monoisotopic (exact) mass is 369 g/mol. The summed E-state index contributed by atoms with van der Waals surface area (Å²) in [5.41, 5.74) is 0.438. The number of aliphatic hydroxyl groups excluding tert-OH is 1. The van der Waals surface area contributed by atoms with Gasteiger partial charge in [0.25, 0.3) is 0 Å². The van der Waals surface area contributed by atoms with Crippen LogP contribution in [-0.2, 0) is 4.74 Å². The molecular weight excluding hydrogens is 346 g/mol. The number of hydrogen-bond donors (Lipinski definition) is 1. The molecule has 7 heteroatoms. The van der Waals surface area contributed by atoms with Crippen LogP contribution in [0.2, 0.25) is 0 Å². The second kappa shape index (κ2) is 7.52. The molecule has 1 N–H and O–H groups in total. The fourth-order valence-corrected chi connectivity index (χ4v) is 4.16. The van der Waals surface area contributed by atoms with Gasteiger partial charge in [0.05, 0.1) is 18.8 Å². The van der Waals surface area contributed by atoms with Gasteiger partial charge in [0.15, 0.2) is 5.82 Å². The number of ether oxygens (including phenoxy) is 2. The average molecular weight is 369 g/mol. The molecule has 2 aliphatic rings. The van der Waals surface area contributed by atoms with Gasteiger partial charge in [-0.1, -0.05) is 6.07 Å². The van der Waals surface area contributed by atoms with E-state index >= 15 is 0 Å². The van der Waals surface area contributed by atoms with E-state index in [4.69, 9.17) is 9.47 Å². The lowest BCUT2D eigenvalue weighted by Gasteiger charge is -2.35. The molecule has 7 nitrogen and oxygen atoms in total. The molecule has 4 rings (SSSR count). The first kappa shape index (κ1) is 17.7. The number of aliphatic hydroxyl groups is 1. The Morgan fingerprint density at radius 3 is 2.74 bits per heavy atom. The van der Waals surface area contributed by atoms with E-state index in [1.165, 1.54) is 7.11 Å². The van der Waals surface area contributed by atoms with Crippen molar-refractivity contribution in [1.29, 1.82) is 0 Å². The van der Waals surface area contributed by atoms with Crippen LogP contribution >= 0.6 is 0 Å². The summed E-state index contributed by atoms with van der Waals surface area (Å²) >= 11 is 0. The Morgan fingerprint density at radius 2 is 2.00 bits per heavy atom. The molecule has 1 aromatic heterocycles. The summed E-state index contributed by atoms with van der Waals surface area (Å²) in [5, 5.41) is 18.8. The lowest BCUT2D eigenvalue weighted by molar-refractivity contribution is -0.0231. The third-order valence-corrected chi connectivity index (χ3v) is 5.51. The standard InChI is InChI=1S/C20H23N3O4/c1-26-20(25)13-4-2-5-16(8-13)27-18-10-15-12-23(11-14(15)9-17(18)24)19-6-3-7-21-22-19/h2-8,14-15,17-18,24H,9-12H2,1H3/t14-,15+,17+,18+/m0/s1. The Morgan fingerprint density at radius 1 is 1.19 bits per heavy atom. The van der Waals surface area contributed by atoms with E-state index in [1.807, 2.05) is 12.1 Å². The minimum Gasteiger partial charge on any atom is -0.488 e. The topological polar surface area (TPSA) is 84.8 Å². The van der Waals surface area contributed by atoms with Gasteiger partial charge < -0.3 is 19.5 Å². The van der Waals surface area contributed by atoms with Gasteiger partial charge in [-0.05, 0) is 55.0 Å². The van der Waals surface area contributed by atoms with E-state index in [0.29, 0.717) is 29.6 Å². The summed E-state index contributed by atoms with van der Waals surface area (Å²) in [6.45, 7) is 1.77. The molecule has 1 aliphatic carbocycles. The summed E-state index contributed by atoms with van der Waals surface area (Å²) in [6, 6.07) is 10.7. The Bertz CT molecular complexity index is 801. The number of hydrogen-bond acceptors (Lipinski definition) is 7. The second-order valence-electron chi connectivity index (χ2n) is 7.22. The van der Waals surface area contributed by atoms with E-state index in [1.54, 1.807) is 30.5 Å². The van der Waals surface area contributed by atoms with Crippen molar-refractivity contribution in [3.63, 3.8) is 0 Å². The van der Waals surface area contributed by atoms with Crippen LogP contribution in [0.25, 0.3) is 0 Å². The van der Waals surface area contributed by atoms with Crippen molar-refractivity contribution in [2.24, 2.45) is 11.8 Å². The largest absolute Gasteiger partial charge is 0.488 e. The minimum atomic E-state index is -0.533. The molecule has 0 amide bonds. The molecule has 4 atom stereocenters. The van der Waals surface area contributed by atoms with Crippen molar-refractivity contribution >= 4 is 11.8 Å². The quantitative estimate of drug-likeness (QED) is 0.824. The maximum atomic E-state index is 11.7. The molecule has 2 fully saturated rings. The highest BCUT2D eigenvalue weighted by molar-refractivity contribution is 5.89. The summed E-state index contributed by atoms with van der Waals surface area (Å²) in [4.78, 5) is 13.9. The zero-order valence-electron chi connectivity index (χ0n) is 15.2. The first-order chi connectivity index (χ1) is 13.1. The van der Waals surface area contributed by atoms with E-state index in [9.17, 15) is 9.90 Å². The molecule has 1 saturated heterocycles. The number of aromatic nitrogens is 2. The Balaban J connectivity index is 1.43. The second-order valence-corrected chi connectivity index (χ2v) is 7.22. The lowest BCUT2D eigenvalue weighted by atomic mass is 9.78. The zero-order valence-corrected chi connectivity index (χ0v) is 15.2. The van der Waals surface area contributed by atoms with Gasteiger partial charge in [-0.15, -0.1) is 5.10 Å². The molecule has 0 unspecified atom stereocenters. The fraction of sp³-hybridized carbons (Fsp3) is 0.450.